The van der Waals surface area contributed by atoms with Gasteiger partial charge in [0.05, 0.1) is 11.9 Å². The van der Waals surface area contributed by atoms with Crippen LogP contribution >= 0.6 is 0 Å². The number of aryl methyl sites for hydroxylation is 1. The molecular weight excluding hydrogens is 328 g/mol. The van der Waals surface area contributed by atoms with Gasteiger partial charge in [-0.15, -0.1) is 0 Å². The van der Waals surface area contributed by atoms with E-state index in [2.05, 4.69) is 19.9 Å². The van der Waals surface area contributed by atoms with Gasteiger partial charge in [0.1, 0.15) is 5.69 Å². The van der Waals surface area contributed by atoms with Crippen molar-refractivity contribution in [1.29, 1.82) is 0 Å². The van der Waals surface area contributed by atoms with Crippen molar-refractivity contribution in [2.24, 2.45) is 13.0 Å². The second-order valence-corrected chi connectivity index (χ2v) is 6.60. The maximum Gasteiger partial charge on any atom is 0.253 e. The molecule has 0 unspecified atom stereocenters. The van der Waals surface area contributed by atoms with E-state index in [0.717, 1.165) is 43.1 Å². The van der Waals surface area contributed by atoms with Gasteiger partial charge in [0, 0.05) is 56.7 Å². The summed E-state index contributed by atoms with van der Waals surface area (Å²) in [6.45, 7) is 1.54. The normalized spacial score (nSPS) is 16.8. The molecule has 1 aliphatic rings. The van der Waals surface area contributed by atoms with Crippen LogP contribution in [0.1, 0.15) is 22.5 Å². The number of amides is 1. The van der Waals surface area contributed by atoms with E-state index in [1.54, 1.807) is 36.9 Å². The zero-order valence-electron chi connectivity index (χ0n) is 14.6. The van der Waals surface area contributed by atoms with Crippen LogP contribution in [0, 0.1) is 5.92 Å². The molecule has 1 saturated heterocycles. The van der Waals surface area contributed by atoms with Gasteiger partial charge in [-0.3, -0.25) is 14.8 Å². The topological polar surface area (TPSA) is 76.8 Å². The molecule has 1 atom stereocenters. The van der Waals surface area contributed by atoms with E-state index >= 15 is 0 Å². The van der Waals surface area contributed by atoms with Crippen LogP contribution in [0.4, 0.5) is 0 Å². The first-order valence-electron chi connectivity index (χ1n) is 8.68. The summed E-state index contributed by atoms with van der Waals surface area (Å²) in [6, 6.07) is 3.52. The number of hydrogen-bond donors (Lipinski definition) is 0. The summed E-state index contributed by atoms with van der Waals surface area (Å²) in [5, 5.41) is 0. The van der Waals surface area contributed by atoms with Gasteiger partial charge in [-0.2, -0.15) is 0 Å². The first-order chi connectivity index (χ1) is 12.7. The average Bonchev–Trinajstić information content (AvgIpc) is 3.32. The molecule has 0 aromatic carbocycles. The Morgan fingerprint density at radius 2 is 2.00 bits per heavy atom. The predicted octanol–water partition coefficient (Wildman–Crippen LogP) is 1.98. The van der Waals surface area contributed by atoms with Crippen molar-refractivity contribution in [2.45, 2.75) is 12.8 Å². The highest BCUT2D eigenvalue weighted by Gasteiger charge is 2.27. The van der Waals surface area contributed by atoms with Crippen LogP contribution in [0.2, 0.25) is 0 Å². The zero-order chi connectivity index (χ0) is 17.9. The summed E-state index contributed by atoms with van der Waals surface area (Å²) in [5.74, 6) is 1.29. The Morgan fingerprint density at radius 3 is 2.69 bits per heavy atom. The van der Waals surface area contributed by atoms with Crippen molar-refractivity contribution in [3.8, 4) is 11.5 Å². The third-order valence-electron chi connectivity index (χ3n) is 4.75. The third kappa shape index (κ3) is 3.33. The monoisotopic (exact) mass is 348 g/mol. The van der Waals surface area contributed by atoms with E-state index in [4.69, 9.17) is 0 Å². The molecule has 0 saturated carbocycles. The number of rotatable bonds is 4. The van der Waals surface area contributed by atoms with Gasteiger partial charge in [0.2, 0.25) is 0 Å². The van der Waals surface area contributed by atoms with Crippen LogP contribution in [0.3, 0.4) is 0 Å². The van der Waals surface area contributed by atoms with Crippen LogP contribution in [-0.4, -0.2) is 48.4 Å². The van der Waals surface area contributed by atoms with Crippen molar-refractivity contribution < 1.29 is 4.79 Å². The molecule has 0 N–H and O–H groups in total. The van der Waals surface area contributed by atoms with Crippen molar-refractivity contribution in [3.05, 3.63) is 60.6 Å². The minimum atomic E-state index is 0.0751. The number of hydrogen-bond acceptors (Lipinski definition) is 5. The number of aromatic nitrogens is 5. The molecular formula is C19H20N6O. The van der Waals surface area contributed by atoms with Crippen LogP contribution < -0.4 is 0 Å². The van der Waals surface area contributed by atoms with E-state index in [1.807, 2.05) is 28.9 Å². The predicted molar refractivity (Wildman–Crippen MR) is 96.2 cm³/mol. The fourth-order valence-electron chi connectivity index (χ4n) is 3.34. The van der Waals surface area contributed by atoms with Gasteiger partial charge < -0.3 is 9.47 Å². The quantitative estimate of drug-likeness (QED) is 0.720. The molecule has 3 aromatic rings. The fourth-order valence-corrected chi connectivity index (χ4v) is 3.34. The molecule has 26 heavy (non-hydrogen) atoms. The van der Waals surface area contributed by atoms with E-state index in [9.17, 15) is 4.79 Å². The Hall–Kier alpha value is -3.09. The maximum atomic E-state index is 12.5. The number of imidazole rings is 1. The molecule has 0 radical (unpaired) electrons. The van der Waals surface area contributed by atoms with E-state index in [0.29, 0.717) is 11.5 Å². The van der Waals surface area contributed by atoms with Gasteiger partial charge in [-0.05, 0) is 30.9 Å². The van der Waals surface area contributed by atoms with E-state index in [1.165, 1.54) is 0 Å². The van der Waals surface area contributed by atoms with Gasteiger partial charge in [0.15, 0.2) is 5.82 Å². The summed E-state index contributed by atoms with van der Waals surface area (Å²) < 4.78 is 1.92. The minimum absolute atomic E-state index is 0.0751. The molecule has 7 heteroatoms. The average molecular weight is 348 g/mol. The SMILES string of the molecule is Cn1ccnc1-c1cnc(C[C@H]2CCN(C(=O)c3ccncc3)C2)cn1. The van der Waals surface area contributed by atoms with Crippen molar-refractivity contribution in [1.82, 2.24) is 29.4 Å². The lowest BCUT2D eigenvalue weighted by atomic mass is 10.0. The Morgan fingerprint density at radius 1 is 1.15 bits per heavy atom. The third-order valence-corrected chi connectivity index (χ3v) is 4.75. The van der Waals surface area contributed by atoms with Crippen LogP contribution in [0.25, 0.3) is 11.5 Å². The van der Waals surface area contributed by atoms with E-state index in [-0.39, 0.29) is 5.91 Å². The van der Waals surface area contributed by atoms with Gasteiger partial charge in [0.25, 0.3) is 5.91 Å². The second-order valence-electron chi connectivity index (χ2n) is 6.60. The highest BCUT2D eigenvalue weighted by atomic mass is 16.2. The number of pyridine rings is 1. The molecule has 3 aromatic heterocycles. The van der Waals surface area contributed by atoms with Gasteiger partial charge in [-0.1, -0.05) is 0 Å². The highest BCUT2D eigenvalue weighted by molar-refractivity contribution is 5.94. The Kier molecular flexibility index (Phi) is 4.43. The number of likely N-dealkylation sites (tertiary alicyclic amines) is 1. The second kappa shape index (κ2) is 7.03. The standard InChI is InChI=1S/C19H20N6O/c1-24-9-7-21-18(24)17-12-22-16(11-23-17)10-14-4-8-25(13-14)19(26)15-2-5-20-6-3-15/h2-3,5-7,9,11-12,14H,4,8,10,13H2,1H3/t14-/m1/s1. The van der Waals surface area contributed by atoms with Crippen LogP contribution in [0.15, 0.2) is 49.3 Å². The summed E-state index contributed by atoms with van der Waals surface area (Å²) in [6.07, 6.45) is 12.3. The Bertz CT molecular complexity index is 890. The van der Waals surface area contributed by atoms with Gasteiger partial charge >= 0.3 is 0 Å². The highest BCUT2D eigenvalue weighted by Crippen LogP contribution is 2.22. The lowest BCUT2D eigenvalue weighted by molar-refractivity contribution is 0.0787. The smallest absolute Gasteiger partial charge is 0.253 e. The summed E-state index contributed by atoms with van der Waals surface area (Å²) >= 11 is 0. The lowest BCUT2D eigenvalue weighted by Gasteiger charge is -2.16. The molecule has 0 spiro atoms. The first kappa shape index (κ1) is 16.4. The Balaban J connectivity index is 1.38. The molecule has 132 valence electrons. The number of carbonyl (C=O) groups is 1. The van der Waals surface area contributed by atoms with Crippen molar-refractivity contribution in [2.75, 3.05) is 13.1 Å². The maximum absolute atomic E-state index is 12.5. The van der Waals surface area contributed by atoms with Crippen LogP contribution in [-0.2, 0) is 13.5 Å². The number of nitrogens with zero attached hydrogens (tertiary/aromatic N) is 6. The zero-order valence-corrected chi connectivity index (χ0v) is 14.6. The summed E-state index contributed by atoms with van der Waals surface area (Å²) in [4.78, 5) is 31.7. The molecule has 0 aliphatic carbocycles. The first-order valence-corrected chi connectivity index (χ1v) is 8.68. The van der Waals surface area contributed by atoms with Gasteiger partial charge in [-0.25, -0.2) is 9.97 Å². The molecule has 1 fully saturated rings. The molecule has 4 heterocycles. The summed E-state index contributed by atoms with van der Waals surface area (Å²) in [7, 11) is 1.94. The molecule has 7 nitrogen and oxygen atoms in total. The van der Waals surface area contributed by atoms with Crippen molar-refractivity contribution >= 4 is 5.91 Å². The molecule has 1 aliphatic heterocycles. The largest absolute Gasteiger partial charge is 0.338 e. The molecule has 1 amide bonds. The number of carbonyl (C=O) groups excluding carboxylic acids is 1. The molecule has 0 bridgehead atoms. The summed E-state index contributed by atoms with van der Waals surface area (Å²) in [5.41, 5.74) is 2.41. The minimum Gasteiger partial charge on any atom is -0.338 e. The lowest BCUT2D eigenvalue weighted by Crippen LogP contribution is -2.29. The fraction of sp³-hybridized carbons (Fsp3) is 0.316. The van der Waals surface area contributed by atoms with Crippen LogP contribution in [0.5, 0.6) is 0 Å². The molecule has 4 rings (SSSR count). The van der Waals surface area contributed by atoms with E-state index < -0.39 is 0 Å². The Labute approximate surface area is 151 Å². The van der Waals surface area contributed by atoms with Crippen molar-refractivity contribution in [3.63, 3.8) is 0 Å².